The number of fused-ring (bicyclic) bond motifs is 1. The Morgan fingerprint density at radius 2 is 2.14 bits per heavy atom. The molecule has 0 saturated heterocycles. The Balaban J connectivity index is 2.75. The van der Waals surface area contributed by atoms with Crippen molar-refractivity contribution in [2.45, 2.75) is 10.1 Å². The van der Waals surface area contributed by atoms with E-state index in [0.29, 0.717) is 15.9 Å². The molecule has 0 bridgehead atoms. The average Bonchev–Trinajstić information content (AvgIpc) is 2.45. The number of aromatic nitrogens is 2. The molecule has 2 aromatic rings. The van der Waals surface area contributed by atoms with Crippen LogP contribution in [0.4, 0.5) is 0 Å². The lowest BCUT2D eigenvalue weighted by molar-refractivity contribution is 0.476. The minimum absolute atomic E-state index is 0.452. The predicted octanol–water partition coefficient (Wildman–Crippen LogP) is 1.10. The van der Waals surface area contributed by atoms with Crippen molar-refractivity contribution < 1.29 is 13.0 Å². The topological polar surface area (TPSA) is 83.1 Å². The third-order valence-electron chi connectivity index (χ3n) is 1.69. The van der Waals surface area contributed by atoms with Crippen molar-refractivity contribution in [2.24, 2.45) is 0 Å². The Labute approximate surface area is 85.3 Å². The molecule has 5 nitrogen and oxygen atoms in total. The van der Waals surface area contributed by atoms with Crippen molar-refractivity contribution in [1.82, 2.24) is 9.97 Å². The summed E-state index contributed by atoms with van der Waals surface area (Å²) in [4.78, 5) is 6.86. The molecule has 2 N–H and O–H groups in total. The van der Waals surface area contributed by atoms with E-state index in [2.05, 4.69) is 22.6 Å². The van der Waals surface area contributed by atoms with E-state index in [0.717, 1.165) is 0 Å². The fraction of sp³-hybridized carbons (Fsp3) is 0. The van der Waals surface area contributed by atoms with Gasteiger partial charge < -0.3 is 4.98 Å². The van der Waals surface area contributed by atoms with Crippen LogP contribution in [-0.4, -0.2) is 22.9 Å². The molecular weight excluding hydrogens is 224 g/mol. The molecule has 1 aromatic heterocycles. The van der Waals surface area contributed by atoms with Gasteiger partial charge in [0.1, 0.15) is 0 Å². The maximum absolute atomic E-state index is 10.7. The van der Waals surface area contributed by atoms with Crippen molar-refractivity contribution >= 4 is 33.8 Å². The summed E-state index contributed by atoms with van der Waals surface area (Å²) in [7, 11) is -4.27. The van der Waals surface area contributed by atoms with Crippen LogP contribution >= 0.6 is 12.6 Å². The van der Waals surface area contributed by atoms with Crippen molar-refractivity contribution in [2.75, 3.05) is 0 Å². The van der Waals surface area contributed by atoms with Crippen LogP contribution < -0.4 is 0 Å². The number of rotatable bonds is 1. The van der Waals surface area contributed by atoms with Gasteiger partial charge in [-0.15, -0.1) is 12.6 Å². The van der Waals surface area contributed by atoms with Gasteiger partial charge in [0, 0.05) is 4.90 Å². The van der Waals surface area contributed by atoms with Gasteiger partial charge in [0.2, 0.25) is 0 Å². The lowest BCUT2D eigenvalue weighted by Crippen LogP contribution is -1.99. The third kappa shape index (κ3) is 1.61. The number of aromatic amines is 1. The number of nitrogens with one attached hydrogen (secondary N) is 1. The van der Waals surface area contributed by atoms with Gasteiger partial charge in [0.15, 0.2) is 0 Å². The summed E-state index contributed by atoms with van der Waals surface area (Å²) in [5.41, 5.74) is 0.987. The summed E-state index contributed by atoms with van der Waals surface area (Å²) in [6.07, 6.45) is 0. The van der Waals surface area contributed by atoms with E-state index in [1.165, 1.54) is 0 Å². The summed E-state index contributed by atoms with van der Waals surface area (Å²) >= 11 is 4.08. The van der Waals surface area contributed by atoms with E-state index in [1.807, 2.05) is 0 Å². The number of imidazole rings is 1. The lowest BCUT2D eigenvalue weighted by atomic mass is 10.3. The van der Waals surface area contributed by atoms with Crippen LogP contribution in [0.25, 0.3) is 11.0 Å². The summed E-state index contributed by atoms with van der Waals surface area (Å²) in [5.74, 6) is 0. The van der Waals surface area contributed by atoms with Gasteiger partial charge in [-0.1, -0.05) is 0 Å². The van der Waals surface area contributed by atoms with Crippen molar-refractivity contribution in [3.63, 3.8) is 0 Å². The molecule has 74 valence electrons. The normalized spacial score (nSPS) is 12.1. The quantitative estimate of drug-likeness (QED) is 0.506. The minimum atomic E-state index is -4.27. The van der Waals surface area contributed by atoms with E-state index in [9.17, 15) is 8.42 Å². The molecule has 2 rings (SSSR count). The van der Waals surface area contributed by atoms with Crippen LogP contribution in [0.2, 0.25) is 0 Å². The maximum atomic E-state index is 10.7. The molecule has 0 aliphatic carbocycles. The summed E-state index contributed by atoms with van der Waals surface area (Å²) < 4.78 is 30.2. The Morgan fingerprint density at radius 1 is 1.43 bits per heavy atom. The van der Waals surface area contributed by atoms with Crippen molar-refractivity contribution in [3.8, 4) is 0 Å². The van der Waals surface area contributed by atoms with Crippen molar-refractivity contribution in [3.05, 3.63) is 18.2 Å². The second-order valence-corrected chi connectivity index (χ2v) is 4.57. The largest absolute Gasteiger partial charge is 0.328 e. The molecule has 0 amide bonds. The standard InChI is InChI=1S/C7H6N2O3S2/c10-14(11,12)7-8-5-2-1-4(13)3-6(5)9-7/h1-3,13H,(H,8,9)(H,10,11,12). The molecule has 1 heterocycles. The fourth-order valence-electron chi connectivity index (χ4n) is 1.10. The van der Waals surface area contributed by atoms with Crippen LogP contribution in [0, 0.1) is 0 Å². The van der Waals surface area contributed by atoms with Crippen LogP contribution in [0.15, 0.2) is 28.3 Å². The molecule has 0 aliphatic rings. The van der Waals surface area contributed by atoms with E-state index in [-0.39, 0.29) is 0 Å². The average molecular weight is 230 g/mol. The lowest BCUT2D eigenvalue weighted by Gasteiger charge is -1.88. The Kier molecular flexibility index (Phi) is 2.02. The minimum Gasteiger partial charge on any atom is -0.327 e. The Morgan fingerprint density at radius 3 is 2.79 bits per heavy atom. The number of thiol groups is 1. The molecule has 0 fully saturated rings. The maximum Gasteiger partial charge on any atom is 0.328 e. The zero-order valence-electron chi connectivity index (χ0n) is 6.80. The number of H-pyrrole nitrogens is 1. The molecule has 7 heteroatoms. The van der Waals surface area contributed by atoms with E-state index in [4.69, 9.17) is 4.55 Å². The van der Waals surface area contributed by atoms with Crippen LogP contribution in [-0.2, 0) is 10.1 Å². The summed E-state index contributed by atoms with van der Waals surface area (Å²) in [6.45, 7) is 0. The fourth-order valence-corrected chi connectivity index (χ4v) is 1.75. The molecule has 0 radical (unpaired) electrons. The van der Waals surface area contributed by atoms with Crippen LogP contribution in [0.1, 0.15) is 0 Å². The summed E-state index contributed by atoms with van der Waals surface area (Å²) in [5, 5.41) is -0.452. The molecule has 14 heavy (non-hydrogen) atoms. The molecular formula is C7H6N2O3S2. The second kappa shape index (κ2) is 2.97. The highest BCUT2D eigenvalue weighted by atomic mass is 32.2. The second-order valence-electron chi connectivity index (χ2n) is 2.72. The van der Waals surface area contributed by atoms with Gasteiger partial charge >= 0.3 is 10.1 Å². The monoisotopic (exact) mass is 230 g/mol. The molecule has 0 spiro atoms. The predicted molar refractivity (Wildman–Crippen MR) is 53.2 cm³/mol. The van der Waals surface area contributed by atoms with E-state index in [1.54, 1.807) is 18.2 Å². The van der Waals surface area contributed by atoms with Gasteiger partial charge in [-0.2, -0.15) is 8.42 Å². The highest BCUT2D eigenvalue weighted by Gasteiger charge is 2.14. The van der Waals surface area contributed by atoms with E-state index < -0.39 is 15.3 Å². The van der Waals surface area contributed by atoms with Gasteiger partial charge in [-0.05, 0) is 18.2 Å². The number of hydrogen-bond donors (Lipinski definition) is 3. The smallest absolute Gasteiger partial charge is 0.327 e. The first-order valence-corrected chi connectivity index (χ1v) is 5.52. The summed E-state index contributed by atoms with van der Waals surface area (Å²) in [6, 6.07) is 4.92. The highest BCUT2D eigenvalue weighted by Crippen LogP contribution is 2.17. The van der Waals surface area contributed by atoms with Gasteiger partial charge in [-0.3, -0.25) is 4.55 Å². The first kappa shape index (κ1) is 9.50. The molecule has 0 aliphatic heterocycles. The zero-order valence-corrected chi connectivity index (χ0v) is 8.51. The first-order chi connectivity index (χ1) is 6.47. The van der Waals surface area contributed by atoms with E-state index >= 15 is 0 Å². The number of nitrogens with zero attached hydrogens (tertiary/aromatic N) is 1. The van der Waals surface area contributed by atoms with Gasteiger partial charge in [-0.25, -0.2) is 4.98 Å². The van der Waals surface area contributed by atoms with Gasteiger partial charge in [0.05, 0.1) is 11.0 Å². The Hall–Kier alpha value is -1.05. The van der Waals surface area contributed by atoms with Crippen LogP contribution in [0.5, 0.6) is 0 Å². The number of hydrogen-bond acceptors (Lipinski definition) is 4. The third-order valence-corrected chi connectivity index (χ3v) is 2.65. The molecule has 1 aromatic carbocycles. The van der Waals surface area contributed by atoms with Crippen LogP contribution in [0.3, 0.4) is 0 Å². The molecule has 0 atom stereocenters. The highest BCUT2D eigenvalue weighted by molar-refractivity contribution is 7.85. The molecule has 0 saturated carbocycles. The Bertz CT molecular complexity index is 588. The zero-order chi connectivity index (χ0) is 10.3. The van der Waals surface area contributed by atoms with Crippen molar-refractivity contribution in [1.29, 1.82) is 0 Å². The van der Waals surface area contributed by atoms with Gasteiger partial charge in [0.25, 0.3) is 5.16 Å². The number of benzene rings is 1. The molecule has 0 unspecified atom stereocenters. The SMILES string of the molecule is O=S(=O)(O)c1nc2ccc(S)cc2[nH]1. The first-order valence-electron chi connectivity index (χ1n) is 3.63.